The van der Waals surface area contributed by atoms with Crippen LogP contribution in [0.5, 0.6) is 0 Å². The van der Waals surface area contributed by atoms with Gasteiger partial charge in [0.2, 0.25) is 0 Å². The van der Waals surface area contributed by atoms with Crippen molar-refractivity contribution in [1.82, 2.24) is 5.32 Å². The molecule has 0 aliphatic heterocycles. The van der Waals surface area contributed by atoms with E-state index in [4.69, 9.17) is 0 Å². The van der Waals surface area contributed by atoms with Crippen LogP contribution in [-0.4, -0.2) is 25.0 Å². The summed E-state index contributed by atoms with van der Waals surface area (Å²) in [6.45, 7) is 0. The molecule has 1 rings (SSSR count). The highest BCUT2D eigenvalue weighted by atomic mass is 79.9. The highest BCUT2D eigenvalue weighted by Gasteiger charge is 2.26. The molecule has 0 heterocycles. The van der Waals surface area contributed by atoms with E-state index >= 15 is 0 Å². The normalized spacial score (nSPS) is 13.5. The zero-order chi connectivity index (χ0) is 14.3. The van der Waals surface area contributed by atoms with E-state index in [1.165, 1.54) is 0 Å². The standard InChI is InChI=1S/C13H17BrF3NS/c1-18-10(5-4-8-13(15,16)17)9-19-12-7-3-2-6-11(12)14/h2-3,6-7,10,18H,4-5,8-9H2,1H3. The molecular weight excluding hydrogens is 339 g/mol. The fourth-order valence-electron chi connectivity index (χ4n) is 1.61. The van der Waals surface area contributed by atoms with Crippen molar-refractivity contribution < 1.29 is 13.2 Å². The Bertz CT molecular complexity index is 384. The van der Waals surface area contributed by atoms with Crippen LogP contribution in [0.2, 0.25) is 0 Å². The Kier molecular flexibility index (Phi) is 7.25. The van der Waals surface area contributed by atoms with Crippen molar-refractivity contribution in [2.45, 2.75) is 36.4 Å². The molecule has 1 N–H and O–H groups in total. The van der Waals surface area contributed by atoms with E-state index < -0.39 is 12.6 Å². The molecule has 1 unspecified atom stereocenters. The van der Waals surface area contributed by atoms with E-state index in [0.29, 0.717) is 6.42 Å². The molecule has 1 atom stereocenters. The van der Waals surface area contributed by atoms with Gasteiger partial charge in [0.15, 0.2) is 0 Å². The highest BCUT2D eigenvalue weighted by Crippen LogP contribution is 2.28. The molecule has 6 heteroatoms. The van der Waals surface area contributed by atoms with Crippen molar-refractivity contribution in [3.8, 4) is 0 Å². The van der Waals surface area contributed by atoms with Crippen molar-refractivity contribution in [1.29, 1.82) is 0 Å². The maximum Gasteiger partial charge on any atom is 0.389 e. The molecule has 0 saturated heterocycles. The average Bonchev–Trinajstić information content (AvgIpc) is 2.34. The van der Waals surface area contributed by atoms with Gasteiger partial charge in [-0.25, -0.2) is 0 Å². The molecule has 0 aromatic heterocycles. The average molecular weight is 356 g/mol. The predicted octanol–water partition coefficient (Wildman–Crippen LogP) is 4.86. The number of hydrogen-bond donors (Lipinski definition) is 1. The summed E-state index contributed by atoms with van der Waals surface area (Å²) in [5.41, 5.74) is 0. The summed E-state index contributed by atoms with van der Waals surface area (Å²) >= 11 is 5.10. The number of halogens is 4. The quantitative estimate of drug-likeness (QED) is 0.700. The summed E-state index contributed by atoms with van der Waals surface area (Å²) in [6, 6.07) is 7.94. The van der Waals surface area contributed by atoms with Crippen LogP contribution in [0.4, 0.5) is 13.2 Å². The van der Waals surface area contributed by atoms with E-state index in [2.05, 4.69) is 21.2 Å². The highest BCUT2D eigenvalue weighted by molar-refractivity contribution is 9.10. The Hall–Kier alpha value is -0.200. The number of rotatable bonds is 7. The van der Waals surface area contributed by atoms with Gasteiger partial charge in [-0.05, 0) is 48.0 Å². The van der Waals surface area contributed by atoms with Crippen LogP contribution in [0.25, 0.3) is 0 Å². The summed E-state index contributed by atoms with van der Waals surface area (Å²) in [7, 11) is 1.79. The van der Waals surface area contributed by atoms with Crippen LogP contribution in [0.15, 0.2) is 33.6 Å². The number of hydrogen-bond acceptors (Lipinski definition) is 2. The lowest BCUT2D eigenvalue weighted by Gasteiger charge is -2.16. The third-order valence-corrected chi connectivity index (χ3v) is 4.89. The van der Waals surface area contributed by atoms with E-state index in [0.717, 1.165) is 15.1 Å². The molecule has 19 heavy (non-hydrogen) atoms. The van der Waals surface area contributed by atoms with Gasteiger partial charge in [-0.2, -0.15) is 13.2 Å². The zero-order valence-corrected chi connectivity index (χ0v) is 13.0. The van der Waals surface area contributed by atoms with Crippen LogP contribution in [0.3, 0.4) is 0 Å². The Labute approximate surface area is 124 Å². The van der Waals surface area contributed by atoms with Crippen LogP contribution in [0.1, 0.15) is 19.3 Å². The summed E-state index contributed by atoms with van der Waals surface area (Å²) < 4.78 is 37.3. The van der Waals surface area contributed by atoms with Crippen molar-refractivity contribution in [3.63, 3.8) is 0 Å². The van der Waals surface area contributed by atoms with Gasteiger partial charge in [-0.3, -0.25) is 0 Å². The Morgan fingerprint density at radius 1 is 1.32 bits per heavy atom. The minimum Gasteiger partial charge on any atom is -0.316 e. The van der Waals surface area contributed by atoms with Gasteiger partial charge in [0.05, 0.1) is 0 Å². The van der Waals surface area contributed by atoms with Crippen LogP contribution in [0, 0.1) is 0 Å². The second-order valence-corrected chi connectivity index (χ2v) is 6.15. The van der Waals surface area contributed by atoms with Crippen molar-refractivity contribution in [3.05, 3.63) is 28.7 Å². The molecule has 0 aliphatic rings. The lowest BCUT2D eigenvalue weighted by atomic mass is 10.1. The first-order valence-corrected chi connectivity index (χ1v) is 7.81. The number of benzene rings is 1. The van der Waals surface area contributed by atoms with E-state index in [1.54, 1.807) is 18.8 Å². The predicted molar refractivity (Wildman–Crippen MR) is 77.6 cm³/mol. The van der Waals surface area contributed by atoms with Crippen LogP contribution in [-0.2, 0) is 0 Å². The number of thioether (sulfide) groups is 1. The molecule has 0 aliphatic carbocycles. The molecule has 0 amide bonds. The maximum atomic E-state index is 12.1. The Balaban J connectivity index is 2.35. The van der Waals surface area contributed by atoms with Crippen molar-refractivity contribution in [2.75, 3.05) is 12.8 Å². The molecule has 108 valence electrons. The van der Waals surface area contributed by atoms with Gasteiger partial charge < -0.3 is 5.32 Å². The van der Waals surface area contributed by atoms with Gasteiger partial charge in [-0.1, -0.05) is 12.1 Å². The third kappa shape index (κ3) is 7.22. The SMILES string of the molecule is CNC(CCCC(F)(F)F)CSc1ccccc1Br. The summed E-state index contributed by atoms with van der Waals surface area (Å²) in [4.78, 5) is 1.11. The Morgan fingerprint density at radius 3 is 2.58 bits per heavy atom. The number of nitrogens with one attached hydrogen (secondary N) is 1. The molecule has 1 aromatic rings. The van der Waals surface area contributed by atoms with E-state index in [-0.39, 0.29) is 12.5 Å². The van der Waals surface area contributed by atoms with E-state index in [1.807, 2.05) is 24.3 Å². The molecule has 0 radical (unpaired) electrons. The first kappa shape index (κ1) is 16.9. The maximum absolute atomic E-state index is 12.1. The van der Waals surface area contributed by atoms with Crippen LogP contribution >= 0.6 is 27.7 Å². The van der Waals surface area contributed by atoms with Gasteiger partial charge >= 0.3 is 6.18 Å². The molecular formula is C13H17BrF3NS. The van der Waals surface area contributed by atoms with Gasteiger partial charge in [0.1, 0.15) is 0 Å². The van der Waals surface area contributed by atoms with Gasteiger partial charge in [0.25, 0.3) is 0 Å². The molecule has 1 nitrogen and oxygen atoms in total. The minimum atomic E-state index is -4.05. The first-order chi connectivity index (χ1) is 8.92. The molecule has 0 spiro atoms. The van der Waals surface area contributed by atoms with E-state index in [9.17, 15) is 13.2 Å². The summed E-state index contributed by atoms with van der Waals surface area (Å²) in [5, 5.41) is 3.07. The second-order valence-electron chi connectivity index (χ2n) is 4.23. The topological polar surface area (TPSA) is 12.0 Å². The molecule has 0 saturated carbocycles. The first-order valence-electron chi connectivity index (χ1n) is 6.03. The minimum absolute atomic E-state index is 0.0967. The molecule has 0 fully saturated rings. The fourth-order valence-corrected chi connectivity index (χ4v) is 3.34. The zero-order valence-electron chi connectivity index (χ0n) is 10.6. The number of alkyl halides is 3. The summed E-state index contributed by atoms with van der Waals surface area (Å²) in [6.07, 6.45) is -4.04. The molecule has 0 bridgehead atoms. The third-order valence-electron chi connectivity index (χ3n) is 2.70. The van der Waals surface area contributed by atoms with Crippen molar-refractivity contribution in [2.24, 2.45) is 0 Å². The van der Waals surface area contributed by atoms with Gasteiger partial charge in [-0.15, -0.1) is 11.8 Å². The lowest BCUT2D eigenvalue weighted by Crippen LogP contribution is -2.28. The largest absolute Gasteiger partial charge is 0.389 e. The summed E-state index contributed by atoms with van der Waals surface area (Å²) in [5.74, 6) is 0.761. The second kappa shape index (κ2) is 8.17. The molecule has 1 aromatic carbocycles. The lowest BCUT2D eigenvalue weighted by molar-refractivity contribution is -0.135. The Morgan fingerprint density at radius 2 is 2.00 bits per heavy atom. The fraction of sp³-hybridized carbons (Fsp3) is 0.538. The monoisotopic (exact) mass is 355 g/mol. The van der Waals surface area contributed by atoms with Gasteiger partial charge in [0, 0.05) is 27.6 Å². The smallest absolute Gasteiger partial charge is 0.316 e. The van der Waals surface area contributed by atoms with Crippen LogP contribution < -0.4 is 5.32 Å². The van der Waals surface area contributed by atoms with Crippen molar-refractivity contribution >= 4 is 27.7 Å².